The molecule has 3 aromatic rings. The van der Waals surface area contributed by atoms with E-state index in [2.05, 4.69) is 52.8 Å². The number of carbonyl (C=O) groups is 1. The van der Waals surface area contributed by atoms with E-state index in [0.717, 1.165) is 49.8 Å². The molecule has 2 aromatic carbocycles. The fourth-order valence-electron chi connectivity index (χ4n) is 5.92. The first-order chi connectivity index (χ1) is 17.2. The Balaban J connectivity index is 1.56. The van der Waals surface area contributed by atoms with Gasteiger partial charge in [-0.1, -0.05) is 86.3 Å². The van der Waals surface area contributed by atoms with Crippen molar-refractivity contribution in [2.24, 2.45) is 0 Å². The lowest BCUT2D eigenvalue weighted by atomic mass is 9.74. The highest BCUT2D eigenvalue weighted by Crippen LogP contribution is 2.47. The summed E-state index contributed by atoms with van der Waals surface area (Å²) >= 11 is 0. The van der Waals surface area contributed by atoms with Crippen molar-refractivity contribution in [1.82, 2.24) is 14.9 Å². The first kappa shape index (κ1) is 23.5. The molecule has 0 saturated heterocycles. The van der Waals surface area contributed by atoms with E-state index in [1.807, 2.05) is 30.0 Å². The SMILES string of the molecule is CCN(Cc1ccccc1)C(=O)c1cnc(NC2CCCC2)nc1C1(c2ccccc2)CCCC1. The largest absolute Gasteiger partial charge is 0.351 e. The van der Waals surface area contributed by atoms with Crippen LogP contribution in [0.2, 0.25) is 0 Å². The number of amides is 1. The van der Waals surface area contributed by atoms with Crippen LogP contribution in [0.4, 0.5) is 5.95 Å². The van der Waals surface area contributed by atoms with Gasteiger partial charge in [-0.3, -0.25) is 4.79 Å². The molecule has 35 heavy (non-hydrogen) atoms. The predicted molar refractivity (Wildman–Crippen MR) is 140 cm³/mol. The minimum atomic E-state index is -0.256. The zero-order valence-corrected chi connectivity index (χ0v) is 20.7. The summed E-state index contributed by atoms with van der Waals surface area (Å²) in [4.78, 5) is 25.7. The second-order valence-corrected chi connectivity index (χ2v) is 10.0. The van der Waals surface area contributed by atoms with Crippen LogP contribution in [-0.2, 0) is 12.0 Å². The number of aromatic nitrogens is 2. The molecule has 5 rings (SSSR count). The van der Waals surface area contributed by atoms with Crippen molar-refractivity contribution in [2.75, 3.05) is 11.9 Å². The predicted octanol–water partition coefficient (Wildman–Crippen LogP) is 6.35. The van der Waals surface area contributed by atoms with E-state index in [9.17, 15) is 4.79 Å². The van der Waals surface area contributed by atoms with Gasteiger partial charge in [-0.15, -0.1) is 0 Å². The fraction of sp³-hybridized carbons (Fsp3) is 0.433. The van der Waals surface area contributed by atoms with Gasteiger partial charge in [0, 0.05) is 30.7 Å². The molecule has 5 nitrogen and oxygen atoms in total. The van der Waals surface area contributed by atoms with Crippen LogP contribution in [0.5, 0.6) is 0 Å². The van der Waals surface area contributed by atoms with Gasteiger partial charge in [-0.05, 0) is 43.7 Å². The highest BCUT2D eigenvalue weighted by Gasteiger charge is 2.42. The molecule has 0 aliphatic heterocycles. The average molecular weight is 469 g/mol. The maximum atomic E-state index is 14.0. The Bertz CT molecular complexity index is 1120. The Morgan fingerprint density at radius 1 is 0.971 bits per heavy atom. The molecule has 1 amide bonds. The van der Waals surface area contributed by atoms with E-state index in [1.54, 1.807) is 6.20 Å². The van der Waals surface area contributed by atoms with Gasteiger partial charge in [0.15, 0.2) is 0 Å². The minimum absolute atomic E-state index is 0.0148. The summed E-state index contributed by atoms with van der Waals surface area (Å²) in [5.41, 5.74) is 3.67. The van der Waals surface area contributed by atoms with Crippen LogP contribution in [0.15, 0.2) is 66.9 Å². The smallest absolute Gasteiger partial charge is 0.257 e. The van der Waals surface area contributed by atoms with E-state index < -0.39 is 0 Å². The quantitative estimate of drug-likeness (QED) is 0.418. The van der Waals surface area contributed by atoms with Crippen molar-refractivity contribution in [1.29, 1.82) is 0 Å². The molecule has 1 aromatic heterocycles. The zero-order chi connectivity index (χ0) is 24.1. The summed E-state index contributed by atoms with van der Waals surface area (Å²) < 4.78 is 0. The zero-order valence-electron chi connectivity index (χ0n) is 20.7. The molecule has 2 saturated carbocycles. The number of carbonyl (C=O) groups excluding carboxylic acids is 1. The third kappa shape index (κ3) is 4.95. The molecule has 5 heteroatoms. The molecular formula is C30H36N4O. The maximum Gasteiger partial charge on any atom is 0.257 e. The number of nitrogens with zero attached hydrogens (tertiary/aromatic N) is 3. The third-order valence-corrected chi connectivity index (χ3v) is 7.83. The normalized spacial score (nSPS) is 17.4. The monoisotopic (exact) mass is 468 g/mol. The highest BCUT2D eigenvalue weighted by molar-refractivity contribution is 5.95. The number of hydrogen-bond acceptors (Lipinski definition) is 4. The van der Waals surface area contributed by atoms with Crippen LogP contribution in [0.25, 0.3) is 0 Å². The van der Waals surface area contributed by atoms with Gasteiger partial charge in [-0.2, -0.15) is 0 Å². The number of nitrogens with one attached hydrogen (secondary N) is 1. The lowest BCUT2D eigenvalue weighted by molar-refractivity contribution is 0.0749. The van der Waals surface area contributed by atoms with Crippen molar-refractivity contribution in [3.05, 3.63) is 89.2 Å². The molecule has 0 bridgehead atoms. The standard InChI is InChI=1S/C30H36N4O/c1-2-34(22-23-13-5-3-6-14-23)28(35)26-21-31-29(32-25-17-9-10-18-25)33-27(26)30(19-11-12-20-30)24-15-7-4-8-16-24/h3-8,13-16,21,25H,2,9-12,17-20,22H2,1H3,(H,31,32,33). The minimum Gasteiger partial charge on any atom is -0.351 e. The summed E-state index contributed by atoms with van der Waals surface area (Å²) in [7, 11) is 0. The first-order valence-corrected chi connectivity index (χ1v) is 13.2. The van der Waals surface area contributed by atoms with Crippen molar-refractivity contribution in [3.63, 3.8) is 0 Å². The first-order valence-electron chi connectivity index (χ1n) is 13.2. The van der Waals surface area contributed by atoms with Crippen molar-refractivity contribution < 1.29 is 4.79 Å². The molecule has 2 aliphatic rings. The van der Waals surface area contributed by atoms with Gasteiger partial charge in [0.25, 0.3) is 5.91 Å². The summed E-state index contributed by atoms with van der Waals surface area (Å²) in [6.45, 7) is 3.25. The van der Waals surface area contributed by atoms with Crippen LogP contribution < -0.4 is 5.32 Å². The lowest BCUT2D eigenvalue weighted by Crippen LogP contribution is -2.35. The van der Waals surface area contributed by atoms with E-state index in [1.165, 1.54) is 18.4 Å². The molecule has 0 unspecified atom stereocenters. The van der Waals surface area contributed by atoms with E-state index in [-0.39, 0.29) is 11.3 Å². The van der Waals surface area contributed by atoms with E-state index in [0.29, 0.717) is 30.6 Å². The highest BCUT2D eigenvalue weighted by atomic mass is 16.2. The Morgan fingerprint density at radius 3 is 2.29 bits per heavy atom. The van der Waals surface area contributed by atoms with Gasteiger partial charge in [0.1, 0.15) is 0 Å². The maximum absolute atomic E-state index is 14.0. The average Bonchev–Trinajstić information content (AvgIpc) is 3.61. The van der Waals surface area contributed by atoms with Crippen molar-refractivity contribution in [3.8, 4) is 0 Å². The lowest BCUT2D eigenvalue weighted by Gasteiger charge is -2.32. The van der Waals surface area contributed by atoms with E-state index >= 15 is 0 Å². The van der Waals surface area contributed by atoms with Crippen LogP contribution in [0.1, 0.15) is 85.5 Å². The Hall–Kier alpha value is -3.21. The van der Waals surface area contributed by atoms with Crippen molar-refractivity contribution >= 4 is 11.9 Å². The summed E-state index contributed by atoms with van der Waals surface area (Å²) in [6.07, 6.45) is 10.9. The molecule has 0 radical (unpaired) electrons. The number of hydrogen-bond donors (Lipinski definition) is 1. The molecule has 0 atom stereocenters. The Labute approximate surface area is 209 Å². The molecule has 2 aliphatic carbocycles. The molecule has 2 fully saturated rings. The summed E-state index contributed by atoms with van der Waals surface area (Å²) in [5, 5.41) is 3.58. The van der Waals surface area contributed by atoms with Crippen LogP contribution >= 0.6 is 0 Å². The number of rotatable bonds is 8. The molecule has 1 heterocycles. The Morgan fingerprint density at radius 2 is 1.63 bits per heavy atom. The van der Waals surface area contributed by atoms with Gasteiger partial charge < -0.3 is 10.2 Å². The van der Waals surface area contributed by atoms with Crippen LogP contribution in [0, 0.1) is 0 Å². The topological polar surface area (TPSA) is 58.1 Å². The van der Waals surface area contributed by atoms with Crippen LogP contribution in [-0.4, -0.2) is 33.4 Å². The third-order valence-electron chi connectivity index (χ3n) is 7.83. The molecule has 182 valence electrons. The second kappa shape index (κ2) is 10.6. The number of benzene rings is 2. The Kier molecular flexibility index (Phi) is 7.12. The fourth-order valence-corrected chi connectivity index (χ4v) is 5.92. The molecule has 0 spiro atoms. The molecule has 1 N–H and O–H groups in total. The van der Waals surface area contributed by atoms with Gasteiger partial charge in [-0.25, -0.2) is 9.97 Å². The van der Waals surface area contributed by atoms with Crippen molar-refractivity contribution in [2.45, 2.75) is 76.3 Å². The summed E-state index contributed by atoms with van der Waals surface area (Å²) in [5.74, 6) is 0.678. The van der Waals surface area contributed by atoms with Gasteiger partial charge in [0.2, 0.25) is 5.95 Å². The second-order valence-electron chi connectivity index (χ2n) is 10.0. The van der Waals surface area contributed by atoms with Gasteiger partial charge in [0.05, 0.1) is 11.3 Å². The summed E-state index contributed by atoms with van der Waals surface area (Å²) in [6, 6.07) is 21.3. The van der Waals surface area contributed by atoms with Gasteiger partial charge >= 0.3 is 0 Å². The van der Waals surface area contributed by atoms with E-state index in [4.69, 9.17) is 4.98 Å². The van der Waals surface area contributed by atoms with Crippen LogP contribution in [0.3, 0.4) is 0 Å². The molecular weight excluding hydrogens is 432 g/mol. The number of anilines is 1.